The SMILES string of the molecule is COc1cc(OC)c(C2=CCN(C)N2c2ccc(OCCN3CCN(C)CC3)cc2)cc1C(=O)O. The summed E-state index contributed by atoms with van der Waals surface area (Å²) in [6.45, 7) is 6.60. The predicted molar refractivity (Wildman–Crippen MR) is 135 cm³/mol. The van der Waals surface area contributed by atoms with Crippen LogP contribution in [0.3, 0.4) is 0 Å². The van der Waals surface area contributed by atoms with Gasteiger partial charge in [0.05, 0.1) is 25.6 Å². The number of nitrogens with zero attached hydrogens (tertiary/aromatic N) is 4. The molecule has 1 N–H and O–H groups in total. The number of likely N-dealkylation sites (N-methyl/N-ethyl adjacent to an activating group) is 2. The van der Waals surface area contributed by atoms with Gasteiger partial charge in [-0.05, 0) is 43.5 Å². The van der Waals surface area contributed by atoms with Crippen LogP contribution >= 0.6 is 0 Å². The average Bonchev–Trinajstić information content (AvgIpc) is 3.25. The van der Waals surface area contributed by atoms with E-state index in [1.54, 1.807) is 19.2 Å². The Morgan fingerprint density at radius 1 is 0.971 bits per heavy atom. The highest BCUT2D eigenvalue weighted by Gasteiger charge is 2.28. The molecule has 1 saturated heterocycles. The maximum Gasteiger partial charge on any atom is 0.339 e. The lowest BCUT2D eigenvalue weighted by molar-refractivity contribution is 0.0693. The van der Waals surface area contributed by atoms with Crippen molar-refractivity contribution in [3.8, 4) is 17.2 Å². The Morgan fingerprint density at radius 2 is 1.66 bits per heavy atom. The molecule has 0 aliphatic carbocycles. The molecule has 2 aromatic rings. The first-order valence-corrected chi connectivity index (χ1v) is 11.8. The second-order valence-corrected chi connectivity index (χ2v) is 8.79. The van der Waals surface area contributed by atoms with Crippen molar-refractivity contribution in [3.05, 3.63) is 53.6 Å². The molecule has 2 aliphatic rings. The number of aromatic carboxylic acids is 1. The van der Waals surface area contributed by atoms with Gasteiger partial charge in [-0.25, -0.2) is 9.80 Å². The fraction of sp³-hybridized carbons (Fsp3) is 0.423. The molecule has 0 unspecified atom stereocenters. The van der Waals surface area contributed by atoms with Crippen molar-refractivity contribution in [2.75, 3.05) is 79.2 Å². The Hall–Kier alpha value is -3.27. The number of anilines is 1. The van der Waals surface area contributed by atoms with Crippen LogP contribution in [0.2, 0.25) is 0 Å². The fourth-order valence-electron chi connectivity index (χ4n) is 4.44. The molecule has 2 aromatic carbocycles. The molecule has 0 saturated carbocycles. The largest absolute Gasteiger partial charge is 0.496 e. The molecule has 1 fully saturated rings. The van der Waals surface area contributed by atoms with Crippen molar-refractivity contribution in [2.24, 2.45) is 0 Å². The number of piperazine rings is 1. The molecule has 0 atom stereocenters. The highest BCUT2D eigenvalue weighted by atomic mass is 16.5. The molecule has 0 spiro atoms. The third-order valence-corrected chi connectivity index (χ3v) is 6.50. The Balaban J connectivity index is 1.49. The van der Waals surface area contributed by atoms with Crippen LogP contribution in [-0.2, 0) is 0 Å². The third-order valence-electron chi connectivity index (χ3n) is 6.50. The first kappa shape index (κ1) is 24.8. The number of hydrogen-bond acceptors (Lipinski definition) is 8. The summed E-state index contributed by atoms with van der Waals surface area (Å²) in [6.07, 6.45) is 2.05. The van der Waals surface area contributed by atoms with Crippen LogP contribution in [0.15, 0.2) is 42.5 Å². The van der Waals surface area contributed by atoms with E-state index in [0.717, 1.165) is 49.9 Å². The van der Waals surface area contributed by atoms with Crippen molar-refractivity contribution in [3.63, 3.8) is 0 Å². The minimum absolute atomic E-state index is 0.0859. The van der Waals surface area contributed by atoms with Gasteiger partial charge in [0.15, 0.2) is 0 Å². The molecular formula is C26H34N4O5. The first-order valence-electron chi connectivity index (χ1n) is 11.8. The van der Waals surface area contributed by atoms with Crippen LogP contribution in [0.4, 0.5) is 5.69 Å². The van der Waals surface area contributed by atoms with Gasteiger partial charge in [-0.2, -0.15) is 0 Å². The summed E-state index contributed by atoms with van der Waals surface area (Å²) in [5.74, 6) is 0.574. The number of carboxylic acid groups (broad SMARTS) is 1. The van der Waals surface area contributed by atoms with Gasteiger partial charge in [0, 0.05) is 57.9 Å². The molecule has 4 rings (SSSR count). The van der Waals surface area contributed by atoms with Crippen LogP contribution in [0.25, 0.3) is 5.70 Å². The molecule has 2 aliphatic heterocycles. The van der Waals surface area contributed by atoms with Crippen molar-refractivity contribution in [1.82, 2.24) is 14.8 Å². The number of hydrazine groups is 1. The van der Waals surface area contributed by atoms with Crippen molar-refractivity contribution < 1.29 is 24.1 Å². The molecule has 0 radical (unpaired) electrons. The van der Waals surface area contributed by atoms with Gasteiger partial charge in [0.1, 0.15) is 29.4 Å². The lowest BCUT2D eigenvalue weighted by Crippen LogP contribution is -2.45. The smallest absolute Gasteiger partial charge is 0.339 e. The minimum atomic E-state index is -1.05. The predicted octanol–water partition coefficient (Wildman–Crippen LogP) is 2.74. The van der Waals surface area contributed by atoms with E-state index < -0.39 is 5.97 Å². The Labute approximate surface area is 206 Å². The standard InChI is InChI=1S/C26H34N4O5/c1-27-11-13-29(14-12-27)15-16-35-20-7-5-19(6-8-20)30-23(9-10-28(30)2)21-17-22(26(31)32)25(34-4)18-24(21)33-3/h5-9,17-18H,10-16H2,1-4H3,(H,31,32). The number of methoxy groups -OCH3 is 2. The van der Waals surface area contributed by atoms with Crippen LogP contribution in [0.1, 0.15) is 15.9 Å². The highest BCUT2D eigenvalue weighted by Crippen LogP contribution is 2.39. The third kappa shape index (κ3) is 5.53. The maximum atomic E-state index is 11.8. The van der Waals surface area contributed by atoms with Gasteiger partial charge < -0.3 is 24.2 Å². The molecule has 2 heterocycles. The van der Waals surface area contributed by atoms with Gasteiger partial charge in [0.25, 0.3) is 0 Å². The summed E-state index contributed by atoms with van der Waals surface area (Å²) in [7, 11) is 7.16. The van der Waals surface area contributed by atoms with E-state index in [4.69, 9.17) is 14.2 Å². The van der Waals surface area contributed by atoms with E-state index in [2.05, 4.69) is 27.9 Å². The number of rotatable bonds is 9. The highest BCUT2D eigenvalue weighted by molar-refractivity contribution is 5.94. The monoisotopic (exact) mass is 482 g/mol. The van der Waals surface area contributed by atoms with E-state index in [9.17, 15) is 9.90 Å². The summed E-state index contributed by atoms with van der Waals surface area (Å²) >= 11 is 0. The minimum Gasteiger partial charge on any atom is -0.496 e. The Morgan fingerprint density at radius 3 is 2.29 bits per heavy atom. The van der Waals surface area contributed by atoms with E-state index >= 15 is 0 Å². The number of carbonyl (C=O) groups is 1. The summed E-state index contributed by atoms with van der Waals surface area (Å²) in [5, 5.41) is 13.8. The molecule has 188 valence electrons. The summed E-state index contributed by atoms with van der Waals surface area (Å²) in [6, 6.07) is 11.2. The zero-order chi connectivity index (χ0) is 24.9. The van der Waals surface area contributed by atoms with Crippen molar-refractivity contribution >= 4 is 17.4 Å². The number of ether oxygens (including phenoxy) is 3. The first-order chi connectivity index (χ1) is 16.9. The topological polar surface area (TPSA) is 78.0 Å². The second-order valence-electron chi connectivity index (χ2n) is 8.79. The van der Waals surface area contributed by atoms with Crippen molar-refractivity contribution in [1.29, 1.82) is 0 Å². The quantitative estimate of drug-likeness (QED) is 0.580. The normalized spacial score (nSPS) is 17.4. The molecule has 0 bridgehead atoms. The Kier molecular flexibility index (Phi) is 7.80. The van der Waals surface area contributed by atoms with Crippen LogP contribution < -0.4 is 19.2 Å². The maximum absolute atomic E-state index is 11.8. The van der Waals surface area contributed by atoms with Crippen LogP contribution in [0, 0.1) is 0 Å². The lowest BCUT2D eigenvalue weighted by Gasteiger charge is -2.32. The summed E-state index contributed by atoms with van der Waals surface area (Å²) in [5.41, 5.74) is 2.56. The molecule has 9 nitrogen and oxygen atoms in total. The van der Waals surface area contributed by atoms with Gasteiger partial charge >= 0.3 is 5.97 Å². The van der Waals surface area contributed by atoms with E-state index in [1.807, 2.05) is 36.3 Å². The molecular weight excluding hydrogens is 448 g/mol. The average molecular weight is 483 g/mol. The zero-order valence-electron chi connectivity index (χ0n) is 20.9. The Bertz CT molecular complexity index is 1060. The number of benzene rings is 2. The van der Waals surface area contributed by atoms with E-state index in [1.165, 1.54) is 7.11 Å². The molecule has 9 heteroatoms. The van der Waals surface area contributed by atoms with Gasteiger partial charge in [0.2, 0.25) is 0 Å². The second kappa shape index (κ2) is 11.0. The van der Waals surface area contributed by atoms with Crippen molar-refractivity contribution in [2.45, 2.75) is 0 Å². The fourth-order valence-corrected chi connectivity index (χ4v) is 4.44. The molecule has 35 heavy (non-hydrogen) atoms. The van der Waals surface area contributed by atoms with Gasteiger partial charge in [-0.3, -0.25) is 9.91 Å². The zero-order valence-corrected chi connectivity index (χ0v) is 20.9. The summed E-state index contributed by atoms with van der Waals surface area (Å²) in [4.78, 5) is 16.6. The number of carboxylic acids is 1. The van der Waals surface area contributed by atoms with E-state index in [0.29, 0.717) is 24.5 Å². The van der Waals surface area contributed by atoms with Crippen LogP contribution in [0.5, 0.6) is 17.2 Å². The molecule has 0 aromatic heterocycles. The van der Waals surface area contributed by atoms with Crippen LogP contribution in [-0.4, -0.2) is 100 Å². The molecule has 0 amide bonds. The van der Waals surface area contributed by atoms with E-state index in [-0.39, 0.29) is 11.3 Å². The van der Waals surface area contributed by atoms with Gasteiger partial charge in [-0.15, -0.1) is 0 Å². The summed E-state index contributed by atoms with van der Waals surface area (Å²) < 4.78 is 16.8. The lowest BCUT2D eigenvalue weighted by atomic mass is 10.0. The van der Waals surface area contributed by atoms with Gasteiger partial charge in [-0.1, -0.05) is 0 Å². The number of hydrogen-bond donors (Lipinski definition) is 1.